The zero-order valence-electron chi connectivity index (χ0n) is 19.7. The second-order valence-corrected chi connectivity index (χ2v) is 9.29. The van der Waals surface area contributed by atoms with Crippen LogP contribution in [0.4, 0.5) is 0 Å². The van der Waals surface area contributed by atoms with Gasteiger partial charge in [-0.1, -0.05) is 12.8 Å². The summed E-state index contributed by atoms with van der Waals surface area (Å²) in [6.07, 6.45) is 6.25. The SMILES string of the molecule is COCCCOc1cc2c(cc1OC)-c1cc(=O)c(C(=O)O)cn1N1[C@H]2CCCCC1(C)C. The van der Waals surface area contributed by atoms with Crippen molar-refractivity contribution >= 4 is 5.97 Å². The maximum atomic E-state index is 12.7. The van der Waals surface area contributed by atoms with Gasteiger partial charge in [-0.05, 0) is 44.4 Å². The van der Waals surface area contributed by atoms with Gasteiger partial charge in [0.25, 0.3) is 0 Å². The van der Waals surface area contributed by atoms with Crippen LogP contribution in [-0.4, -0.2) is 48.7 Å². The zero-order valence-corrected chi connectivity index (χ0v) is 19.7. The molecule has 4 rings (SSSR count). The molecule has 2 aromatic rings. The lowest BCUT2D eigenvalue weighted by Gasteiger charge is -2.49. The molecule has 0 unspecified atom stereocenters. The Morgan fingerprint density at radius 3 is 2.64 bits per heavy atom. The van der Waals surface area contributed by atoms with Crippen molar-refractivity contribution in [3.05, 3.63) is 45.7 Å². The molecule has 8 nitrogen and oxygen atoms in total. The summed E-state index contributed by atoms with van der Waals surface area (Å²) in [6, 6.07) is 5.38. The molecule has 0 saturated carbocycles. The molecule has 1 fully saturated rings. The number of carboxylic acids is 1. The van der Waals surface area contributed by atoms with E-state index in [0.29, 0.717) is 30.4 Å². The maximum Gasteiger partial charge on any atom is 0.341 e. The fourth-order valence-electron chi connectivity index (χ4n) is 5.08. The molecule has 0 spiro atoms. The largest absolute Gasteiger partial charge is 0.493 e. The predicted molar refractivity (Wildman–Crippen MR) is 125 cm³/mol. The first-order valence-electron chi connectivity index (χ1n) is 11.4. The number of aromatic nitrogens is 1. The van der Waals surface area contributed by atoms with Crippen molar-refractivity contribution in [2.75, 3.05) is 32.4 Å². The van der Waals surface area contributed by atoms with Gasteiger partial charge in [0.05, 0.1) is 31.0 Å². The van der Waals surface area contributed by atoms with Gasteiger partial charge in [0.2, 0.25) is 0 Å². The summed E-state index contributed by atoms with van der Waals surface area (Å²) >= 11 is 0. The molecule has 33 heavy (non-hydrogen) atoms. The molecule has 2 aliphatic heterocycles. The van der Waals surface area contributed by atoms with E-state index in [1.165, 1.54) is 12.3 Å². The number of carboxylic acid groups (broad SMARTS) is 1. The van der Waals surface area contributed by atoms with Crippen LogP contribution in [0.1, 0.15) is 67.9 Å². The Kier molecular flexibility index (Phi) is 6.38. The van der Waals surface area contributed by atoms with Crippen molar-refractivity contribution in [3.63, 3.8) is 0 Å². The molecular formula is C25H32N2O6. The molecule has 0 radical (unpaired) electrons. The van der Waals surface area contributed by atoms with Crippen LogP contribution in [0.3, 0.4) is 0 Å². The van der Waals surface area contributed by atoms with E-state index in [4.69, 9.17) is 14.2 Å². The molecule has 178 valence electrons. The average Bonchev–Trinajstić information content (AvgIpc) is 2.94. The minimum absolute atomic E-state index is 0.0152. The number of carbonyl (C=O) groups is 1. The molecule has 1 aromatic heterocycles. The first-order chi connectivity index (χ1) is 15.8. The van der Waals surface area contributed by atoms with Gasteiger partial charge >= 0.3 is 5.97 Å². The lowest BCUT2D eigenvalue weighted by Crippen LogP contribution is -2.54. The van der Waals surface area contributed by atoms with E-state index in [1.807, 2.05) is 16.8 Å². The van der Waals surface area contributed by atoms with E-state index < -0.39 is 11.4 Å². The lowest BCUT2D eigenvalue weighted by molar-refractivity contribution is 0.0694. The fraction of sp³-hybridized carbons (Fsp3) is 0.520. The van der Waals surface area contributed by atoms with Gasteiger partial charge in [0.15, 0.2) is 16.9 Å². The summed E-state index contributed by atoms with van der Waals surface area (Å²) in [5.41, 5.74) is 1.61. The Balaban J connectivity index is 1.92. The van der Waals surface area contributed by atoms with E-state index in [1.54, 1.807) is 14.2 Å². The highest BCUT2D eigenvalue weighted by Gasteiger charge is 2.41. The van der Waals surface area contributed by atoms with Crippen molar-refractivity contribution in [1.29, 1.82) is 0 Å². The number of ether oxygens (including phenoxy) is 3. The normalized spacial score (nSPS) is 18.5. The van der Waals surface area contributed by atoms with Crippen LogP contribution < -0.4 is 19.9 Å². The van der Waals surface area contributed by atoms with Gasteiger partial charge < -0.3 is 19.3 Å². The van der Waals surface area contributed by atoms with Crippen LogP contribution in [0.25, 0.3) is 11.3 Å². The van der Waals surface area contributed by atoms with Crippen molar-refractivity contribution < 1.29 is 24.1 Å². The third-order valence-electron chi connectivity index (χ3n) is 6.65. The van der Waals surface area contributed by atoms with E-state index in [-0.39, 0.29) is 17.1 Å². The third kappa shape index (κ3) is 4.19. The second-order valence-electron chi connectivity index (χ2n) is 9.29. The van der Waals surface area contributed by atoms with Gasteiger partial charge in [0, 0.05) is 38.0 Å². The first-order valence-corrected chi connectivity index (χ1v) is 11.4. The van der Waals surface area contributed by atoms with Crippen LogP contribution in [0, 0.1) is 0 Å². The summed E-state index contributed by atoms with van der Waals surface area (Å²) < 4.78 is 18.7. The Hall–Kier alpha value is -3.00. The smallest absolute Gasteiger partial charge is 0.341 e. The summed E-state index contributed by atoms with van der Waals surface area (Å²) in [4.78, 5) is 24.4. The van der Waals surface area contributed by atoms with E-state index >= 15 is 0 Å². The molecular weight excluding hydrogens is 424 g/mol. The van der Waals surface area contributed by atoms with Gasteiger partial charge in [0.1, 0.15) is 5.56 Å². The van der Waals surface area contributed by atoms with E-state index in [2.05, 4.69) is 18.9 Å². The van der Waals surface area contributed by atoms with Crippen LogP contribution in [-0.2, 0) is 4.74 Å². The van der Waals surface area contributed by atoms with Crippen molar-refractivity contribution in [1.82, 2.24) is 4.68 Å². The van der Waals surface area contributed by atoms with Crippen molar-refractivity contribution in [2.45, 2.75) is 57.5 Å². The van der Waals surface area contributed by atoms with Crippen LogP contribution in [0.15, 0.2) is 29.2 Å². The molecule has 0 amide bonds. The molecule has 3 heterocycles. The topological polar surface area (TPSA) is 90.2 Å². The van der Waals surface area contributed by atoms with Crippen LogP contribution in [0.5, 0.6) is 11.5 Å². The minimum atomic E-state index is -1.22. The molecule has 8 heteroatoms. The highest BCUT2D eigenvalue weighted by molar-refractivity contribution is 5.88. The molecule has 1 atom stereocenters. The Morgan fingerprint density at radius 1 is 1.15 bits per heavy atom. The summed E-state index contributed by atoms with van der Waals surface area (Å²) in [6.45, 7) is 5.45. The van der Waals surface area contributed by atoms with Gasteiger partial charge in [-0.2, -0.15) is 0 Å². The Morgan fingerprint density at radius 2 is 1.94 bits per heavy atom. The van der Waals surface area contributed by atoms with Crippen LogP contribution in [0.2, 0.25) is 0 Å². The summed E-state index contributed by atoms with van der Waals surface area (Å²) in [5, 5.41) is 11.8. The van der Waals surface area contributed by atoms with Gasteiger partial charge in [-0.25, -0.2) is 4.79 Å². The molecule has 1 aromatic carbocycles. The average molecular weight is 457 g/mol. The number of benzene rings is 1. The second kappa shape index (κ2) is 9.09. The first kappa shape index (κ1) is 23.2. The quantitative estimate of drug-likeness (QED) is 0.630. The molecule has 0 aliphatic carbocycles. The number of rotatable bonds is 7. The van der Waals surface area contributed by atoms with E-state index in [9.17, 15) is 14.7 Å². The molecule has 1 saturated heterocycles. The van der Waals surface area contributed by atoms with E-state index in [0.717, 1.165) is 43.2 Å². The zero-order chi connectivity index (χ0) is 23.8. The highest BCUT2D eigenvalue weighted by Crippen LogP contribution is 2.48. The number of hydrogen-bond donors (Lipinski definition) is 1. The highest BCUT2D eigenvalue weighted by atomic mass is 16.5. The summed E-state index contributed by atoms with van der Waals surface area (Å²) in [7, 11) is 3.26. The monoisotopic (exact) mass is 456 g/mol. The standard InChI is InChI=1S/C25H32N2O6/c1-25(2)9-6-5-8-19-16-13-23(33-11-7-10-31-3)22(32-4)12-17(16)20-14-21(28)18(24(29)30)15-26(20)27(19)25/h12-15,19H,5-11H2,1-4H3,(H,29,30)/t19-/m0/s1. The number of nitrogens with zero attached hydrogens (tertiary/aromatic N) is 2. The van der Waals surface area contributed by atoms with Crippen molar-refractivity contribution in [2.24, 2.45) is 0 Å². The fourth-order valence-corrected chi connectivity index (χ4v) is 5.08. The number of hydrogen-bond acceptors (Lipinski definition) is 6. The Labute approximate surface area is 193 Å². The lowest BCUT2D eigenvalue weighted by atomic mass is 9.89. The molecule has 2 aliphatic rings. The minimum Gasteiger partial charge on any atom is -0.493 e. The van der Waals surface area contributed by atoms with Gasteiger partial charge in [-0.15, -0.1) is 0 Å². The number of pyridine rings is 1. The van der Waals surface area contributed by atoms with Gasteiger partial charge in [-0.3, -0.25) is 14.5 Å². The Bertz CT molecular complexity index is 1110. The molecule has 1 N–H and O–H groups in total. The number of aromatic carboxylic acids is 1. The van der Waals surface area contributed by atoms with Crippen LogP contribution >= 0.6 is 0 Å². The van der Waals surface area contributed by atoms with Crippen molar-refractivity contribution in [3.8, 4) is 22.8 Å². The maximum absolute atomic E-state index is 12.7. The molecule has 0 bridgehead atoms. The number of methoxy groups -OCH3 is 2. The third-order valence-corrected chi connectivity index (χ3v) is 6.65. The number of fused-ring (bicyclic) bond motifs is 6. The predicted octanol–water partition coefficient (Wildman–Crippen LogP) is 3.98. The summed E-state index contributed by atoms with van der Waals surface area (Å²) in [5.74, 6) is 0.0174.